The van der Waals surface area contributed by atoms with Gasteiger partial charge in [0.2, 0.25) is 5.91 Å². The molecular formula is C11H11BrFNO3S. The minimum atomic E-state index is -3.42. The van der Waals surface area contributed by atoms with Crippen molar-refractivity contribution in [2.75, 3.05) is 17.7 Å². The fourth-order valence-corrected chi connectivity index (χ4v) is 3.03. The lowest BCUT2D eigenvalue weighted by Gasteiger charge is -2.17. The monoisotopic (exact) mass is 335 g/mol. The summed E-state index contributed by atoms with van der Waals surface area (Å²) in [7, 11) is -3.42. The summed E-state index contributed by atoms with van der Waals surface area (Å²) in [4.78, 5) is 12.9. The molecule has 1 aromatic rings. The smallest absolute Gasteiger partial charge is 0.228 e. The van der Waals surface area contributed by atoms with Gasteiger partial charge in [0, 0.05) is 24.0 Å². The molecule has 1 unspecified atom stereocenters. The topological polar surface area (TPSA) is 54.5 Å². The highest BCUT2D eigenvalue weighted by atomic mass is 79.9. The number of benzene rings is 1. The Labute approximate surface area is 113 Å². The van der Waals surface area contributed by atoms with Crippen molar-refractivity contribution in [2.45, 2.75) is 16.1 Å². The average molecular weight is 336 g/mol. The van der Waals surface area contributed by atoms with Gasteiger partial charge in [0.25, 0.3) is 0 Å². The first-order valence-corrected chi connectivity index (χ1v) is 8.04. The maximum absolute atomic E-state index is 13.7. The molecule has 1 aromatic carbocycles. The molecule has 1 amide bonds. The number of amides is 1. The van der Waals surface area contributed by atoms with Crippen LogP contribution in [0.3, 0.4) is 0 Å². The molecule has 2 rings (SSSR count). The second-order valence-electron chi connectivity index (χ2n) is 4.19. The van der Waals surface area contributed by atoms with Crippen LogP contribution in [0.2, 0.25) is 0 Å². The number of rotatable bonds is 2. The van der Waals surface area contributed by atoms with E-state index in [0.29, 0.717) is 6.54 Å². The van der Waals surface area contributed by atoms with E-state index in [1.807, 2.05) is 0 Å². The molecule has 0 spiro atoms. The number of hydrogen-bond acceptors (Lipinski definition) is 3. The van der Waals surface area contributed by atoms with E-state index in [1.165, 1.54) is 17.0 Å². The SMILES string of the molecule is CS(=O)(=O)c1ccc(F)c(N2CC(Br)CC2=O)c1. The molecule has 0 bridgehead atoms. The van der Waals surface area contributed by atoms with E-state index in [-0.39, 0.29) is 27.7 Å². The quantitative estimate of drug-likeness (QED) is 0.611. The Kier molecular flexibility index (Phi) is 3.46. The van der Waals surface area contributed by atoms with Crippen LogP contribution in [0.4, 0.5) is 10.1 Å². The third-order valence-electron chi connectivity index (χ3n) is 2.71. The Balaban J connectivity index is 2.48. The first-order valence-electron chi connectivity index (χ1n) is 5.23. The summed E-state index contributed by atoms with van der Waals surface area (Å²) in [5, 5.41) is 0. The van der Waals surface area contributed by atoms with E-state index in [0.717, 1.165) is 12.3 Å². The predicted octanol–water partition coefficient (Wildman–Crippen LogP) is 1.73. The number of hydrogen-bond donors (Lipinski definition) is 0. The van der Waals surface area contributed by atoms with Crippen LogP contribution in [0.25, 0.3) is 0 Å². The molecule has 1 fully saturated rings. The normalized spacial score (nSPS) is 20.5. The Morgan fingerprint density at radius 2 is 2.11 bits per heavy atom. The van der Waals surface area contributed by atoms with Gasteiger partial charge in [-0.15, -0.1) is 0 Å². The summed E-state index contributed by atoms with van der Waals surface area (Å²) >= 11 is 3.30. The molecular weight excluding hydrogens is 325 g/mol. The van der Waals surface area contributed by atoms with E-state index in [1.54, 1.807) is 0 Å². The van der Waals surface area contributed by atoms with Gasteiger partial charge < -0.3 is 4.90 Å². The fraction of sp³-hybridized carbons (Fsp3) is 0.364. The number of carbonyl (C=O) groups is 1. The van der Waals surface area contributed by atoms with E-state index in [4.69, 9.17) is 0 Å². The molecule has 1 heterocycles. The molecule has 1 atom stereocenters. The molecule has 0 aromatic heterocycles. The lowest BCUT2D eigenvalue weighted by Crippen LogP contribution is -2.25. The van der Waals surface area contributed by atoms with Crippen molar-refractivity contribution >= 4 is 37.4 Å². The molecule has 1 aliphatic rings. The molecule has 18 heavy (non-hydrogen) atoms. The van der Waals surface area contributed by atoms with Gasteiger partial charge in [-0.2, -0.15) is 0 Å². The Bertz CT molecular complexity index is 602. The van der Waals surface area contributed by atoms with Crippen molar-refractivity contribution in [1.29, 1.82) is 0 Å². The Morgan fingerprint density at radius 3 is 2.61 bits per heavy atom. The molecule has 1 saturated heterocycles. The van der Waals surface area contributed by atoms with Crippen LogP contribution in [-0.4, -0.2) is 32.0 Å². The van der Waals surface area contributed by atoms with E-state index < -0.39 is 15.7 Å². The molecule has 0 aliphatic carbocycles. The lowest BCUT2D eigenvalue weighted by atomic mass is 10.3. The molecule has 98 valence electrons. The predicted molar refractivity (Wildman–Crippen MR) is 69.2 cm³/mol. The van der Waals surface area contributed by atoms with Crippen molar-refractivity contribution in [3.05, 3.63) is 24.0 Å². The van der Waals surface area contributed by atoms with Crippen LogP contribution in [0.15, 0.2) is 23.1 Å². The minimum absolute atomic E-state index is 0.00437. The number of nitrogens with zero attached hydrogens (tertiary/aromatic N) is 1. The first-order chi connectivity index (χ1) is 8.29. The number of halogens is 2. The zero-order valence-corrected chi connectivity index (χ0v) is 12.0. The van der Waals surface area contributed by atoms with Gasteiger partial charge in [-0.05, 0) is 18.2 Å². The van der Waals surface area contributed by atoms with Gasteiger partial charge >= 0.3 is 0 Å². The maximum Gasteiger partial charge on any atom is 0.228 e. The third-order valence-corrected chi connectivity index (χ3v) is 4.44. The third kappa shape index (κ3) is 2.56. The van der Waals surface area contributed by atoms with Crippen LogP contribution in [0, 0.1) is 5.82 Å². The Hall–Kier alpha value is -0.950. The molecule has 0 N–H and O–H groups in total. The highest BCUT2D eigenvalue weighted by Gasteiger charge is 2.31. The number of alkyl halides is 1. The van der Waals surface area contributed by atoms with Crippen LogP contribution >= 0.6 is 15.9 Å². The molecule has 4 nitrogen and oxygen atoms in total. The molecule has 7 heteroatoms. The summed E-state index contributed by atoms with van der Waals surface area (Å²) in [5.41, 5.74) is 0.0184. The summed E-state index contributed by atoms with van der Waals surface area (Å²) in [6.45, 7) is 0.336. The summed E-state index contributed by atoms with van der Waals surface area (Å²) in [6.07, 6.45) is 1.33. The second-order valence-corrected chi connectivity index (χ2v) is 7.50. The highest BCUT2D eigenvalue weighted by molar-refractivity contribution is 9.09. The second kappa shape index (κ2) is 4.62. The maximum atomic E-state index is 13.7. The summed E-state index contributed by atoms with van der Waals surface area (Å²) in [6, 6.07) is 3.47. The van der Waals surface area contributed by atoms with Crippen molar-refractivity contribution in [1.82, 2.24) is 0 Å². The van der Waals surface area contributed by atoms with Crippen molar-refractivity contribution in [3.8, 4) is 0 Å². The van der Waals surface area contributed by atoms with E-state index in [2.05, 4.69) is 15.9 Å². The van der Waals surface area contributed by atoms with Gasteiger partial charge in [-0.3, -0.25) is 4.79 Å². The molecule has 0 radical (unpaired) electrons. The average Bonchev–Trinajstić information content (AvgIpc) is 2.56. The number of sulfone groups is 1. The van der Waals surface area contributed by atoms with Gasteiger partial charge in [-0.1, -0.05) is 15.9 Å². The van der Waals surface area contributed by atoms with Crippen molar-refractivity contribution in [2.24, 2.45) is 0 Å². The van der Waals surface area contributed by atoms with Crippen LogP contribution in [0.1, 0.15) is 6.42 Å². The zero-order chi connectivity index (χ0) is 13.5. The van der Waals surface area contributed by atoms with E-state index in [9.17, 15) is 17.6 Å². The minimum Gasteiger partial charge on any atom is -0.308 e. The first kappa shape index (κ1) is 13.5. The summed E-state index contributed by atoms with van der Waals surface area (Å²) in [5.74, 6) is -0.821. The van der Waals surface area contributed by atoms with Crippen molar-refractivity contribution < 1.29 is 17.6 Å². The van der Waals surface area contributed by atoms with Gasteiger partial charge in [0.05, 0.1) is 10.6 Å². The van der Waals surface area contributed by atoms with E-state index >= 15 is 0 Å². The number of carbonyl (C=O) groups excluding carboxylic acids is 1. The number of anilines is 1. The van der Waals surface area contributed by atoms with Gasteiger partial charge in [-0.25, -0.2) is 12.8 Å². The van der Waals surface area contributed by atoms with Gasteiger partial charge in [0.15, 0.2) is 9.84 Å². The van der Waals surface area contributed by atoms with Crippen LogP contribution in [0.5, 0.6) is 0 Å². The van der Waals surface area contributed by atoms with Crippen LogP contribution in [-0.2, 0) is 14.6 Å². The lowest BCUT2D eigenvalue weighted by molar-refractivity contribution is -0.117. The molecule has 0 saturated carbocycles. The highest BCUT2D eigenvalue weighted by Crippen LogP contribution is 2.29. The summed E-state index contributed by atoms with van der Waals surface area (Å²) < 4.78 is 36.6. The standard InChI is InChI=1S/C11H11BrFNO3S/c1-18(16,17)8-2-3-9(13)10(5-8)14-6-7(12)4-11(14)15/h2-3,5,7H,4,6H2,1H3. The largest absolute Gasteiger partial charge is 0.308 e. The Morgan fingerprint density at radius 1 is 1.44 bits per heavy atom. The van der Waals surface area contributed by atoms with Crippen molar-refractivity contribution in [3.63, 3.8) is 0 Å². The van der Waals surface area contributed by atoms with Gasteiger partial charge in [0.1, 0.15) is 5.82 Å². The molecule has 1 aliphatic heterocycles. The van der Waals surface area contributed by atoms with Crippen LogP contribution < -0.4 is 4.90 Å². The zero-order valence-electron chi connectivity index (χ0n) is 9.56. The fourth-order valence-electron chi connectivity index (χ4n) is 1.83.